The fraction of sp³-hybridized carbons (Fsp3) is 0.235. The molecule has 0 atom stereocenters. The summed E-state index contributed by atoms with van der Waals surface area (Å²) in [6.45, 7) is 4.42. The highest BCUT2D eigenvalue weighted by molar-refractivity contribution is 7.16. The number of aromatic nitrogens is 2. The van der Waals surface area contributed by atoms with Gasteiger partial charge in [-0.3, -0.25) is 4.79 Å². The van der Waals surface area contributed by atoms with Crippen LogP contribution in [0, 0.1) is 5.92 Å². The predicted octanol–water partition coefficient (Wildman–Crippen LogP) is 3.90. The zero-order valence-corrected chi connectivity index (χ0v) is 13.9. The smallest absolute Gasteiger partial charge is 0.226 e. The lowest BCUT2D eigenvalue weighted by Gasteiger charge is -2.09. The summed E-state index contributed by atoms with van der Waals surface area (Å²) in [6, 6.07) is 9.84. The molecule has 1 aromatic carbocycles. The molecule has 0 saturated heterocycles. The van der Waals surface area contributed by atoms with Crippen molar-refractivity contribution in [1.29, 1.82) is 0 Å². The average Bonchev–Trinajstić information content (AvgIpc) is 3.03. The van der Waals surface area contributed by atoms with Crippen LogP contribution in [-0.2, 0) is 11.3 Å². The Morgan fingerprint density at radius 2 is 1.96 bits per heavy atom. The normalized spacial score (nSPS) is 10.9. The summed E-state index contributed by atoms with van der Waals surface area (Å²) in [5.41, 5.74) is 1.93. The average molecular weight is 326 g/mol. The van der Waals surface area contributed by atoms with Crippen LogP contribution >= 0.6 is 11.3 Å². The van der Waals surface area contributed by atoms with Crippen molar-refractivity contribution in [2.24, 2.45) is 5.92 Å². The van der Waals surface area contributed by atoms with E-state index in [1.54, 1.807) is 17.7 Å². The highest BCUT2D eigenvalue weighted by atomic mass is 32.1. The van der Waals surface area contributed by atoms with E-state index in [9.17, 15) is 4.79 Å². The number of hydrogen-bond donors (Lipinski definition) is 2. The highest BCUT2D eigenvalue weighted by Gasteiger charge is 2.07. The molecule has 6 heteroatoms. The number of benzene rings is 1. The zero-order chi connectivity index (χ0) is 16.2. The van der Waals surface area contributed by atoms with Gasteiger partial charge in [-0.2, -0.15) is 0 Å². The van der Waals surface area contributed by atoms with Gasteiger partial charge in [0.2, 0.25) is 5.91 Å². The van der Waals surface area contributed by atoms with E-state index in [0.717, 1.165) is 27.3 Å². The molecule has 3 aromatic rings. The second-order valence-electron chi connectivity index (χ2n) is 5.56. The largest absolute Gasteiger partial charge is 0.365 e. The van der Waals surface area contributed by atoms with Gasteiger partial charge in [0.25, 0.3) is 0 Å². The Labute approximate surface area is 138 Å². The van der Waals surface area contributed by atoms with Crippen molar-refractivity contribution in [1.82, 2.24) is 9.97 Å². The van der Waals surface area contributed by atoms with Crippen LogP contribution in [0.2, 0.25) is 0 Å². The van der Waals surface area contributed by atoms with E-state index in [2.05, 4.69) is 20.6 Å². The van der Waals surface area contributed by atoms with Crippen LogP contribution in [0.25, 0.3) is 10.2 Å². The minimum atomic E-state index is -0.0258. The van der Waals surface area contributed by atoms with Crippen molar-refractivity contribution in [2.45, 2.75) is 20.4 Å². The minimum absolute atomic E-state index is 0.0247. The number of carbonyl (C=O) groups excluding carboxylic acids is 1. The van der Waals surface area contributed by atoms with E-state index in [1.165, 1.54) is 0 Å². The van der Waals surface area contributed by atoms with Crippen molar-refractivity contribution in [2.75, 3.05) is 10.6 Å². The SMILES string of the molecule is CC(C)C(=O)Nc1ccc(CNc2ncnc3sccc23)cc1. The fourth-order valence-electron chi connectivity index (χ4n) is 2.11. The Kier molecular flexibility index (Phi) is 4.52. The molecule has 118 valence electrons. The van der Waals surface area contributed by atoms with Gasteiger partial charge in [0.05, 0.1) is 5.39 Å². The monoisotopic (exact) mass is 326 g/mol. The Balaban J connectivity index is 1.65. The second kappa shape index (κ2) is 6.75. The fourth-order valence-corrected chi connectivity index (χ4v) is 2.84. The van der Waals surface area contributed by atoms with E-state index in [1.807, 2.05) is 49.6 Å². The molecule has 0 fully saturated rings. The maximum atomic E-state index is 11.7. The van der Waals surface area contributed by atoms with Crippen molar-refractivity contribution in [3.8, 4) is 0 Å². The maximum Gasteiger partial charge on any atom is 0.226 e. The van der Waals surface area contributed by atoms with Crippen molar-refractivity contribution < 1.29 is 4.79 Å². The Morgan fingerprint density at radius 3 is 2.70 bits per heavy atom. The molecule has 23 heavy (non-hydrogen) atoms. The molecular formula is C17H18N4OS. The molecule has 2 heterocycles. The lowest BCUT2D eigenvalue weighted by molar-refractivity contribution is -0.118. The van der Waals surface area contributed by atoms with Gasteiger partial charge in [-0.15, -0.1) is 11.3 Å². The standard InChI is InChI=1S/C17H18N4OS/c1-11(2)16(22)21-13-5-3-12(4-6-13)9-18-15-14-7-8-23-17(14)20-10-19-15/h3-8,10-11H,9H2,1-2H3,(H,21,22)(H,18,19,20). The summed E-state index contributed by atoms with van der Waals surface area (Å²) in [4.78, 5) is 21.2. The van der Waals surface area contributed by atoms with Gasteiger partial charge in [0, 0.05) is 18.2 Å². The number of hydrogen-bond acceptors (Lipinski definition) is 5. The molecule has 0 bridgehead atoms. The summed E-state index contributed by atoms with van der Waals surface area (Å²) in [5.74, 6) is 0.840. The van der Waals surface area contributed by atoms with E-state index in [0.29, 0.717) is 6.54 Å². The number of anilines is 2. The number of nitrogens with zero attached hydrogens (tertiary/aromatic N) is 2. The van der Waals surface area contributed by atoms with E-state index in [4.69, 9.17) is 0 Å². The molecule has 0 aliphatic heterocycles. The highest BCUT2D eigenvalue weighted by Crippen LogP contribution is 2.24. The molecule has 0 spiro atoms. The van der Waals surface area contributed by atoms with E-state index < -0.39 is 0 Å². The number of thiophene rings is 1. The molecule has 2 N–H and O–H groups in total. The molecule has 5 nitrogen and oxygen atoms in total. The van der Waals surface area contributed by atoms with Gasteiger partial charge in [0.15, 0.2) is 0 Å². The van der Waals surface area contributed by atoms with Crippen LogP contribution in [-0.4, -0.2) is 15.9 Å². The molecule has 0 aliphatic rings. The molecule has 0 saturated carbocycles. The summed E-state index contributed by atoms with van der Waals surface area (Å²) in [5, 5.41) is 9.27. The van der Waals surface area contributed by atoms with Gasteiger partial charge >= 0.3 is 0 Å². The third-order valence-corrected chi connectivity index (χ3v) is 4.29. The van der Waals surface area contributed by atoms with Gasteiger partial charge in [-0.1, -0.05) is 26.0 Å². The lowest BCUT2D eigenvalue weighted by atomic mass is 10.1. The van der Waals surface area contributed by atoms with Gasteiger partial charge < -0.3 is 10.6 Å². The molecule has 0 aliphatic carbocycles. The summed E-state index contributed by atoms with van der Waals surface area (Å²) >= 11 is 1.60. The van der Waals surface area contributed by atoms with Gasteiger partial charge in [-0.05, 0) is 29.1 Å². The number of fused-ring (bicyclic) bond motifs is 1. The van der Waals surface area contributed by atoms with Crippen LogP contribution in [0.1, 0.15) is 19.4 Å². The summed E-state index contributed by atoms with van der Waals surface area (Å²) < 4.78 is 0. The summed E-state index contributed by atoms with van der Waals surface area (Å²) in [7, 11) is 0. The van der Waals surface area contributed by atoms with Crippen molar-refractivity contribution in [3.05, 3.63) is 47.6 Å². The zero-order valence-electron chi connectivity index (χ0n) is 13.0. The molecule has 0 unspecified atom stereocenters. The molecule has 3 rings (SSSR count). The molecule has 1 amide bonds. The van der Waals surface area contributed by atoms with Crippen LogP contribution in [0.3, 0.4) is 0 Å². The number of rotatable bonds is 5. The Bertz CT molecular complexity index is 811. The number of amides is 1. The Morgan fingerprint density at radius 1 is 1.17 bits per heavy atom. The van der Waals surface area contributed by atoms with Crippen molar-refractivity contribution >= 4 is 39.0 Å². The molecule has 2 aromatic heterocycles. The second-order valence-corrected chi connectivity index (χ2v) is 6.45. The summed E-state index contributed by atoms with van der Waals surface area (Å²) in [6.07, 6.45) is 1.58. The number of nitrogens with one attached hydrogen (secondary N) is 2. The van der Waals surface area contributed by atoms with Crippen LogP contribution < -0.4 is 10.6 Å². The molecular weight excluding hydrogens is 308 g/mol. The number of carbonyl (C=O) groups is 1. The van der Waals surface area contributed by atoms with Crippen LogP contribution in [0.5, 0.6) is 0 Å². The first-order valence-electron chi connectivity index (χ1n) is 7.45. The first-order valence-corrected chi connectivity index (χ1v) is 8.33. The van der Waals surface area contributed by atoms with Crippen molar-refractivity contribution in [3.63, 3.8) is 0 Å². The molecule has 0 radical (unpaired) electrons. The first-order chi connectivity index (χ1) is 11.1. The van der Waals surface area contributed by atoms with E-state index >= 15 is 0 Å². The third-order valence-electron chi connectivity index (χ3n) is 3.47. The predicted molar refractivity (Wildman–Crippen MR) is 94.7 cm³/mol. The quantitative estimate of drug-likeness (QED) is 0.746. The third kappa shape index (κ3) is 3.65. The first kappa shape index (κ1) is 15.4. The minimum Gasteiger partial charge on any atom is -0.365 e. The lowest BCUT2D eigenvalue weighted by Crippen LogP contribution is -2.17. The van der Waals surface area contributed by atoms with Gasteiger partial charge in [-0.25, -0.2) is 9.97 Å². The topological polar surface area (TPSA) is 66.9 Å². The van der Waals surface area contributed by atoms with Gasteiger partial charge in [0.1, 0.15) is 17.0 Å². The van der Waals surface area contributed by atoms with E-state index in [-0.39, 0.29) is 11.8 Å². The maximum absolute atomic E-state index is 11.7. The van der Waals surface area contributed by atoms with Crippen LogP contribution in [0.15, 0.2) is 42.0 Å². The Hall–Kier alpha value is -2.47. The van der Waals surface area contributed by atoms with Crippen LogP contribution in [0.4, 0.5) is 11.5 Å².